The third-order valence-corrected chi connectivity index (χ3v) is 11.6. The van der Waals surface area contributed by atoms with Gasteiger partial charge in [0.15, 0.2) is 6.10 Å². The normalized spacial score (nSPS) is 12.2. The van der Waals surface area contributed by atoms with Gasteiger partial charge >= 0.3 is 17.9 Å². The highest BCUT2D eigenvalue weighted by molar-refractivity contribution is 5.71. The van der Waals surface area contributed by atoms with Crippen molar-refractivity contribution in [1.82, 2.24) is 0 Å². The fourth-order valence-corrected chi connectivity index (χ4v) is 7.63. The van der Waals surface area contributed by atoms with Crippen LogP contribution in [0, 0.1) is 0 Å². The molecule has 0 heterocycles. The number of ether oxygens (including phenoxy) is 3. The Labute approximate surface area is 378 Å². The molecular weight excluding hydrogens is 757 g/mol. The van der Waals surface area contributed by atoms with Gasteiger partial charge in [0.1, 0.15) is 13.2 Å². The van der Waals surface area contributed by atoms with Gasteiger partial charge in [0, 0.05) is 19.3 Å². The molecule has 0 aliphatic rings. The lowest BCUT2D eigenvalue weighted by Crippen LogP contribution is -2.30. The Morgan fingerprint density at radius 2 is 0.590 bits per heavy atom. The molecule has 0 saturated heterocycles. The highest BCUT2D eigenvalue weighted by Crippen LogP contribution is 2.15. The Hall–Kier alpha value is -2.37. The van der Waals surface area contributed by atoms with E-state index in [-0.39, 0.29) is 31.1 Å². The topological polar surface area (TPSA) is 78.9 Å². The molecule has 0 spiro atoms. The minimum absolute atomic E-state index is 0.0730. The molecule has 0 saturated carbocycles. The highest BCUT2D eigenvalue weighted by atomic mass is 16.6. The lowest BCUT2D eigenvalue weighted by molar-refractivity contribution is -0.167. The fourth-order valence-electron chi connectivity index (χ4n) is 7.63. The summed E-state index contributed by atoms with van der Waals surface area (Å²) in [6.45, 7) is 6.61. The molecule has 6 heteroatoms. The lowest BCUT2D eigenvalue weighted by Gasteiger charge is -2.18. The molecule has 0 bridgehead atoms. The first-order valence-corrected chi connectivity index (χ1v) is 26.5. The van der Waals surface area contributed by atoms with Crippen molar-refractivity contribution in [2.24, 2.45) is 0 Å². The van der Waals surface area contributed by atoms with Crippen LogP contribution in [0.3, 0.4) is 0 Å². The zero-order chi connectivity index (χ0) is 44.4. The van der Waals surface area contributed by atoms with E-state index >= 15 is 0 Å². The molecule has 0 aromatic heterocycles. The SMILES string of the molecule is CCCCCCC/C=C\C/C=C\C/C=C\CCCCCCCCC(=O)OCC(COC(=O)CCCCCCCCCC)OC(=O)CCCCCCCCCCCCCCCC. The van der Waals surface area contributed by atoms with Crippen LogP contribution in [-0.4, -0.2) is 37.2 Å². The summed E-state index contributed by atoms with van der Waals surface area (Å²) < 4.78 is 16.8. The van der Waals surface area contributed by atoms with Gasteiger partial charge in [-0.05, 0) is 57.8 Å². The average molecular weight is 857 g/mol. The van der Waals surface area contributed by atoms with Gasteiger partial charge < -0.3 is 14.2 Å². The van der Waals surface area contributed by atoms with E-state index in [2.05, 4.69) is 57.2 Å². The van der Waals surface area contributed by atoms with Crippen LogP contribution in [0.2, 0.25) is 0 Å². The van der Waals surface area contributed by atoms with E-state index in [1.807, 2.05) is 0 Å². The van der Waals surface area contributed by atoms with Gasteiger partial charge in [-0.2, -0.15) is 0 Å². The van der Waals surface area contributed by atoms with Crippen LogP contribution in [0.1, 0.15) is 278 Å². The molecule has 61 heavy (non-hydrogen) atoms. The first-order chi connectivity index (χ1) is 30.0. The number of carbonyl (C=O) groups excluding carboxylic acids is 3. The molecular formula is C55H100O6. The largest absolute Gasteiger partial charge is 0.462 e. The van der Waals surface area contributed by atoms with Crippen LogP contribution in [0.25, 0.3) is 0 Å². The van der Waals surface area contributed by atoms with Crippen LogP contribution in [0.4, 0.5) is 0 Å². The van der Waals surface area contributed by atoms with Crippen LogP contribution in [-0.2, 0) is 28.6 Å². The standard InChI is InChI=1S/C55H100O6/c1-4-7-10-13-16-19-21-23-25-26-27-28-29-30-31-33-34-36-39-42-45-48-54(57)60-51-52(50-59-53(56)47-44-41-38-18-15-12-9-6-3)61-55(58)49-46-43-40-37-35-32-24-22-20-17-14-11-8-5-2/h21,23,26-27,29-30,52H,4-20,22,24-25,28,31-51H2,1-3H3/b23-21-,27-26-,30-29-. The van der Waals surface area contributed by atoms with Crippen molar-refractivity contribution >= 4 is 17.9 Å². The maximum Gasteiger partial charge on any atom is 0.306 e. The van der Waals surface area contributed by atoms with Gasteiger partial charge in [0.2, 0.25) is 0 Å². The minimum Gasteiger partial charge on any atom is -0.462 e. The van der Waals surface area contributed by atoms with E-state index < -0.39 is 6.10 Å². The van der Waals surface area contributed by atoms with Crippen molar-refractivity contribution in [3.8, 4) is 0 Å². The van der Waals surface area contributed by atoms with Crippen LogP contribution in [0.5, 0.6) is 0 Å². The molecule has 356 valence electrons. The summed E-state index contributed by atoms with van der Waals surface area (Å²) in [5.41, 5.74) is 0. The number of rotatable bonds is 48. The average Bonchev–Trinajstić information content (AvgIpc) is 3.26. The molecule has 0 aromatic rings. The van der Waals surface area contributed by atoms with E-state index in [1.54, 1.807) is 0 Å². The van der Waals surface area contributed by atoms with Gasteiger partial charge in [-0.25, -0.2) is 0 Å². The number of allylic oxidation sites excluding steroid dienone is 6. The Balaban J connectivity index is 4.26. The van der Waals surface area contributed by atoms with E-state index in [0.717, 1.165) is 77.0 Å². The summed E-state index contributed by atoms with van der Waals surface area (Å²) in [6, 6.07) is 0. The van der Waals surface area contributed by atoms with Crippen molar-refractivity contribution < 1.29 is 28.6 Å². The van der Waals surface area contributed by atoms with Crippen molar-refractivity contribution in [3.05, 3.63) is 36.5 Å². The molecule has 6 nitrogen and oxygen atoms in total. The maximum absolute atomic E-state index is 12.8. The van der Waals surface area contributed by atoms with E-state index in [0.29, 0.717) is 19.3 Å². The number of esters is 3. The summed E-state index contributed by atoms with van der Waals surface area (Å²) in [6.07, 6.45) is 58.5. The van der Waals surface area contributed by atoms with Crippen LogP contribution < -0.4 is 0 Å². The quantitative estimate of drug-likeness (QED) is 0.0262. The first kappa shape index (κ1) is 58.6. The zero-order valence-corrected chi connectivity index (χ0v) is 40.7. The molecule has 1 atom stereocenters. The lowest BCUT2D eigenvalue weighted by atomic mass is 10.0. The van der Waals surface area contributed by atoms with Gasteiger partial charge in [0.05, 0.1) is 0 Å². The molecule has 1 unspecified atom stereocenters. The molecule has 0 fully saturated rings. The number of unbranched alkanes of at least 4 members (excludes halogenated alkanes) is 31. The van der Waals surface area contributed by atoms with E-state index in [1.165, 1.54) is 161 Å². The number of hydrogen-bond acceptors (Lipinski definition) is 6. The molecule has 0 rings (SSSR count). The minimum atomic E-state index is -0.771. The first-order valence-electron chi connectivity index (χ1n) is 26.5. The Morgan fingerprint density at radius 1 is 0.328 bits per heavy atom. The van der Waals surface area contributed by atoms with Crippen molar-refractivity contribution in [1.29, 1.82) is 0 Å². The second-order valence-electron chi connectivity index (χ2n) is 17.8. The van der Waals surface area contributed by atoms with Crippen molar-refractivity contribution in [2.45, 2.75) is 284 Å². The van der Waals surface area contributed by atoms with E-state index in [9.17, 15) is 14.4 Å². The highest BCUT2D eigenvalue weighted by Gasteiger charge is 2.19. The number of hydrogen-bond donors (Lipinski definition) is 0. The zero-order valence-electron chi connectivity index (χ0n) is 40.7. The molecule has 0 aliphatic heterocycles. The Kier molecular flexibility index (Phi) is 48.3. The molecule has 0 aromatic carbocycles. The summed E-state index contributed by atoms with van der Waals surface area (Å²) in [4.78, 5) is 37.8. The summed E-state index contributed by atoms with van der Waals surface area (Å²) in [5.74, 6) is -0.879. The predicted molar refractivity (Wildman–Crippen MR) is 261 cm³/mol. The van der Waals surface area contributed by atoms with Crippen molar-refractivity contribution in [2.75, 3.05) is 13.2 Å². The van der Waals surface area contributed by atoms with E-state index in [4.69, 9.17) is 14.2 Å². The smallest absolute Gasteiger partial charge is 0.306 e. The molecule has 0 aliphatic carbocycles. The van der Waals surface area contributed by atoms with Gasteiger partial charge in [0.25, 0.3) is 0 Å². The summed E-state index contributed by atoms with van der Waals surface area (Å²) in [7, 11) is 0. The monoisotopic (exact) mass is 857 g/mol. The van der Waals surface area contributed by atoms with Crippen molar-refractivity contribution in [3.63, 3.8) is 0 Å². The molecule has 0 amide bonds. The van der Waals surface area contributed by atoms with Gasteiger partial charge in [-0.15, -0.1) is 0 Å². The maximum atomic E-state index is 12.8. The fraction of sp³-hybridized carbons (Fsp3) is 0.836. The predicted octanol–water partition coefficient (Wildman–Crippen LogP) is 17.3. The molecule has 0 N–H and O–H groups in total. The molecule has 0 radical (unpaired) electrons. The van der Waals surface area contributed by atoms with Gasteiger partial charge in [-0.1, -0.05) is 237 Å². The third-order valence-electron chi connectivity index (χ3n) is 11.6. The summed E-state index contributed by atoms with van der Waals surface area (Å²) >= 11 is 0. The second-order valence-corrected chi connectivity index (χ2v) is 17.8. The Morgan fingerprint density at radius 3 is 0.918 bits per heavy atom. The number of carbonyl (C=O) groups is 3. The van der Waals surface area contributed by atoms with Crippen LogP contribution in [0.15, 0.2) is 36.5 Å². The second kappa shape index (κ2) is 50.3. The third kappa shape index (κ3) is 48.5. The van der Waals surface area contributed by atoms with Gasteiger partial charge in [-0.3, -0.25) is 14.4 Å². The Bertz CT molecular complexity index is 1030. The summed E-state index contributed by atoms with van der Waals surface area (Å²) in [5, 5.41) is 0. The van der Waals surface area contributed by atoms with Crippen LogP contribution >= 0.6 is 0 Å².